The highest BCUT2D eigenvalue weighted by Gasteiger charge is 2.37. The second kappa shape index (κ2) is 10.2. The Morgan fingerprint density at radius 2 is 1.45 bits per heavy atom. The zero-order chi connectivity index (χ0) is 20.9. The van der Waals surface area contributed by atoms with E-state index in [1.165, 1.54) is 89.2 Å². The molecule has 0 radical (unpaired) electrons. The Balaban J connectivity index is 1.46. The summed E-state index contributed by atoms with van der Waals surface area (Å²) < 4.78 is 27.7. The standard InChI is InChI=1S/C26H38F2O/c1-3-4-5-6-20-7-9-21(10-8-20)22-11-13-23(14-12-22)24-15-17-25(18-16-24)26(27,28)19(2)29/h15-18,20-23H,3-14H2,1-2H3. The van der Waals surface area contributed by atoms with Crippen LogP contribution in [0.5, 0.6) is 0 Å². The molecule has 0 bridgehead atoms. The number of carbonyl (C=O) groups is 1. The summed E-state index contributed by atoms with van der Waals surface area (Å²) in [6, 6.07) is 6.53. The van der Waals surface area contributed by atoms with Crippen LogP contribution in [-0.2, 0) is 10.7 Å². The van der Waals surface area contributed by atoms with Crippen LogP contribution in [0.15, 0.2) is 24.3 Å². The van der Waals surface area contributed by atoms with E-state index < -0.39 is 11.7 Å². The number of halogens is 2. The van der Waals surface area contributed by atoms with E-state index in [-0.39, 0.29) is 5.56 Å². The van der Waals surface area contributed by atoms with Crippen molar-refractivity contribution in [2.75, 3.05) is 0 Å². The summed E-state index contributed by atoms with van der Waals surface area (Å²) in [5, 5.41) is 0. The fourth-order valence-corrected chi connectivity index (χ4v) is 5.72. The SMILES string of the molecule is CCCCCC1CCC(C2CCC(c3ccc(C(F)(F)C(C)=O)cc3)CC2)CC1. The Labute approximate surface area is 175 Å². The maximum atomic E-state index is 13.9. The second-order valence-corrected chi connectivity index (χ2v) is 9.64. The van der Waals surface area contributed by atoms with Crippen molar-refractivity contribution in [2.24, 2.45) is 17.8 Å². The number of hydrogen-bond acceptors (Lipinski definition) is 1. The molecule has 0 N–H and O–H groups in total. The van der Waals surface area contributed by atoms with Gasteiger partial charge >= 0.3 is 5.92 Å². The number of carbonyl (C=O) groups excluding carboxylic acids is 1. The Kier molecular flexibility index (Phi) is 7.87. The molecule has 0 unspecified atom stereocenters. The van der Waals surface area contributed by atoms with Crippen molar-refractivity contribution in [1.82, 2.24) is 0 Å². The van der Waals surface area contributed by atoms with Gasteiger partial charge in [-0.2, -0.15) is 8.78 Å². The minimum absolute atomic E-state index is 0.182. The highest BCUT2D eigenvalue weighted by atomic mass is 19.3. The van der Waals surface area contributed by atoms with Crippen molar-refractivity contribution < 1.29 is 13.6 Å². The molecule has 1 aromatic carbocycles. The van der Waals surface area contributed by atoms with E-state index in [1.807, 2.05) is 12.1 Å². The summed E-state index contributed by atoms with van der Waals surface area (Å²) in [5.74, 6) is -1.23. The third-order valence-corrected chi connectivity index (χ3v) is 7.73. The smallest absolute Gasteiger partial charge is 0.293 e. The molecule has 0 atom stereocenters. The van der Waals surface area contributed by atoms with Gasteiger partial charge < -0.3 is 0 Å². The number of hydrogen-bond donors (Lipinski definition) is 0. The van der Waals surface area contributed by atoms with E-state index in [1.54, 1.807) is 0 Å². The minimum Gasteiger partial charge on any atom is -0.293 e. The predicted molar refractivity (Wildman–Crippen MR) is 115 cm³/mol. The van der Waals surface area contributed by atoms with Crippen LogP contribution in [0, 0.1) is 17.8 Å². The van der Waals surface area contributed by atoms with Crippen LogP contribution in [0.25, 0.3) is 0 Å². The molecule has 1 nitrogen and oxygen atoms in total. The summed E-state index contributed by atoms with van der Waals surface area (Å²) >= 11 is 0. The van der Waals surface area contributed by atoms with Crippen LogP contribution < -0.4 is 0 Å². The average Bonchev–Trinajstić information content (AvgIpc) is 2.74. The lowest BCUT2D eigenvalue weighted by Gasteiger charge is -2.38. The van der Waals surface area contributed by atoms with Crippen molar-refractivity contribution >= 4 is 5.78 Å². The Hall–Kier alpha value is -1.25. The van der Waals surface area contributed by atoms with Crippen molar-refractivity contribution in [3.63, 3.8) is 0 Å². The Morgan fingerprint density at radius 1 is 0.897 bits per heavy atom. The summed E-state index contributed by atoms with van der Waals surface area (Å²) in [5.41, 5.74) is 0.976. The monoisotopic (exact) mass is 404 g/mol. The average molecular weight is 405 g/mol. The van der Waals surface area contributed by atoms with E-state index in [0.717, 1.165) is 30.2 Å². The van der Waals surface area contributed by atoms with Gasteiger partial charge in [-0.25, -0.2) is 0 Å². The molecule has 3 heteroatoms. The molecule has 162 valence electrons. The minimum atomic E-state index is -3.37. The van der Waals surface area contributed by atoms with Gasteiger partial charge in [-0.05, 0) is 67.8 Å². The van der Waals surface area contributed by atoms with E-state index in [4.69, 9.17) is 0 Å². The van der Waals surface area contributed by atoms with E-state index in [0.29, 0.717) is 5.92 Å². The number of Topliss-reactive ketones (excluding diaryl/α,β-unsaturated/α-hetero) is 1. The highest BCUT2D eigenvalue weighted by Crippen LogP contribution is 2.44. The van der Waals surface area contributed by atoms with Crippen molar-refractivity contribution in [3.8, 4) is 0 Å². The molecule has 2 aliphatic rings. The molecule has 0 heterocycles. The number of unbranched alkanes of at least 4 members (excludes halogenated alkanes) is 2. The molecular weight excluding hydrogens is 366 g/mol. The van der Waals surface area contributed by atoms with Gasteiger partial charge in [0.05, 0.1) is 0 Å². The highest BCUT2D eigenvalue weighted by molar-refractivity contribution is 5.84. The predicted octanol–water partition coefficient (Wildman–Crippen LogP) is 8.03. The van der Waals surface area contributed by atoms with Gasteiger partial charge in [0.1, 0.15) is 0 Å². The van der Waals surface area contributed by atoms with Crippen LogP contribution in [0.3, 0.4) is 0 Å². The lowest BCUT2D eigenvalue weighted by molar-refractivity contribution is -0.141. The molecule has 2 fully saturated rings. The van der Waals surface area contributed by atoms with Gasteiger partial charge in [-0.3, -0.25) is 4.79 Å². The van der Waals surface area contributed by atoms with E-state index >= 15 is 0 Å². The molecule has 3 rings (SSSR count). The molecule has 0 saturated heterocycles. The molecule has 0 aromatic heterocycles. The first kappa shape index (κ1) is 22.4. The second-order valence-electron chi connectivity index (χ2n) is 9.64. The largest absolute Gasteiger partial charge is 0.330 e. The number of rotatable bonds is 8. The van der Waals surface area contributed by atoms with Crippen LogP contribution in [0.2, 0.25) is 0 Å². The maximum Gasteiger partial charge on any atom is 0.330 e. The summed E-state index contributed by atoms with van der Waals surface area (Å²) in [4.78, 5) is 11.2. The normalized spacial score (nSPS) is 28.3. The van der Waals surface area contributed by atoms with Crippen molar-refractivity contribution in [1.29, 1.82) is 0 Å². The van der Waals surface area contributed by atoms with Gasteiger partial charge in [0, 0.05) is 12.5 Å². The Bertz CT molecular complexity index is 635. The quantitative estimate of drug-likeness (QED) is 0.401. The van der Waals surface area contributed by atoms with Crippen molar-refractivity contribution in [3.05, 3.63) is 35.4 Å². The third kappa shape index (κ3) is 5.67. The van der Waals surface area contributed by atoms with Crippen LogP contribution in [-0.4, -0.2) is 5.78 Å². The van der Waals surface area contributed by atoms with Gasteiger partial charge in [0.2, 0.25) is 5.78 Å². The zero-order valence-corrected chi connectivity index (χ0v) is 18.3. The molecule has 0 aliphatic heterocycles. The summed E-state index contributed by atoms with van der Waals surface area (Å²) in [6.45, 7) is 3.23. The van der Waals surface area contributed by atoms with Gasteiger partial charge in [-0.1, -0.05) is 69.7 Å². The molecule has 2 saturated carbocycles. The molecule has 2 aliphatic carbocycles. The molecule has 29 heavy (non-hydrogen) atoms. The van der Waals surface area contributed by atoms with Gasteiger partial charge in [0.15, 0.2) is 0 Å². The Morgan fingerprint density at radius 3 is 1.97 bits per heavy atom. The first-order chi connectivity index (χ1) is 13.9. The molecule has 1 aromatic rings. The molecule has 0 amide bonds. The maximum absolute atomic E-state index is 13.9. The topological polar surface area (TPSA) is 17.1 Å². The van der Waals surface area contributed by atoms with Crippen molar-refractivity contribution in [2.45, 2.75) is 103 Å². The fraction of sp³-hybridized carbons (Fsp3) is 0.731. The van der Waals surface area contributed by atoms with Gasteiger partial charge in [-0.15, -0.1) is 0 Å². The lowest BCUT2D eigenvalue weighted by Crippen LogP contribution is -2.25. The first-order valence-corrected chi connectivity index (χ1v) is 11.9. The fourth-order valence-electron chi connectivity index (χ4n) is 5.72. The lowest BCUT2D eigenvalue weighted by atomic mass is 9.68. The third-order valence-electron chi connectivity index (χ3n) is 7.73. The summed E-state index contributed by atoms with van der Waals surface area (Å²) in [6.07, 6.45) is 16.1. The van der Waals surface area contributed by atoms with Crippen LogP contribution in [0.1, 0.15) is 108 Å². The number of benzene rings is 1. The van der Waals surface area contributed by atoms with Crippen LogP contribution in [0.4, 0.5) is 8.78 Å². The van der Waals surface area contributed by atoms with E-state index in [2.05, 4.69) is 6.92 Å². The molecule has 0 spiro atoms. The van der Waals surface area contributed by atoms with Crippen LogP contribution >= 0.6 is 0 Å². The zero-order valence-electron chi connectivity index (χ0n) is 18.3. The number of alkyl halides is 2. The van der Waals surface area contributed by atoms with E-state index in [9.17, 15) is 13.6 Å². The molecular formula is C26H38F2O. The number of ketones is 1. The summed E-state index contributed by atoms with van der Waals surface area (Å²) in [7, 11) is 0. The first-order valence-electron chi connectivity index (χ1n) is 11.9. The van der Waals surface area contributed by atoms with Gasteiger partial charge in [0.25, 0.3) is 0 Å².